The van der Waals surface area contributed by atoms with Gasteiger partial charge in [-0.1, -0.05) is 126 Å². The van der Waals surface area contributed by atoms with Gasteiger partial charge in [0.15, 0.2) is 11.2 Å². The van der Waals surface area contributed by atoms with Gasteiger partial charge in [-0.15, -0.1) is 6.42 Å². The van der Waals surface area contributed by atoms with Crippen LogP contribution in [0.3, 0.4) is 0 Å². The molecule has 7 aromatic carbocycles. The fourth-order valence-electron chi connectivity index (χ4n) is 6.23. The molecular formula is C40H22Cl4O2Pt. The third-order valence-electron chi connectivity index (χ3n) is 8.17. The molecule has 2 aromatic heterocycles. The summed E-state index contributed by atoms with van der Waals surface area (Å²) in [7, 11) is 9.75. The van der Waals surface area contributed by atoms with Gasteiger partial charge in [0.25, 0.3) is 0 Å². The van der Waals surface area contributed by atoms with E-state index >= 15 is 0 Å². The van der Waals surface area contributed by atoms with Gasteiger partial charge in [0.1, 0.15) is 11.2 Å². The summed E-state index contributed by atoms with van der Waals surface area (Å²) in [4.78, 5) is 0. The molecule has 0 aliphatic carbocycles. The van der Waals surface area contributed by atoms with Crippen molar-refractivity contribution in [1.29, 1.82) is 0 Å². The Bertz CT molecular complexity index is 2630. The van der Waals surface area contributed by atoms with Crippen LogP contribution >= 0.6 is 42.0 Å². The number of benzene rings is 7. The molecule has 2 nitrogen and oxygen atoms in total. The molecule has 0 saturated heterocycles. The zero-order valence-electron chi connectivity index (χ0n) is 24.3. The number of fused-ring (bicyclic) bond motifs is 10. The molecule has 2 heterocycles. The Kier molecular flexibility index (Phi) is 9.20. The zero-order valence-corrected chi connectivity index (χ0v) is 29.6. The van der Waals surface area contributed by atoms with Gasteiger partial charge < -0.3 is 8.83 Å². The molecule has 0 N–H and O–H groups in total. The predicted molar refractivity (Wildman–Crippen MR) is 198 cm³/mol. The van der Waals surface area contributed by atoms with E-state index in [1.165, 1.54) is 21.5 Å². The quantitative estimate of drug-likeness (QED) is 0.121. The number of rotatable bonds is 1. The average molecular weight is 872 g/mol. The summed E-state index contributed by atoms with van der Waals surface area (Å²) >= 11 is 12.1. The van der Waals surface area contributed by atoms with Gasteiger partial charge in [-0.3, -0.25) is 0 Å². The van der Waals surface area contributed by atoms with E-state index in [1.807, 2.05) is 72.8 Å². The van der Waals surface area contributed by atoms with Gasteiger partial charge in [-0.2, -0.15) is 0 Å². The molecule has 7 heteroatoms. The minimum absolute atomic E-state index is 0.472. The van der Waals surface area contributed by atoms with Crippen molar-refractivity contribution in [2.45, 2.75) is 0 Å². The molecule has 0 fully saturated rings. The standard InChI is InChI=1S/2C20H11ClO.2ClH.Pt/c21-16-7-3-6-15-19-17(22-20(15)16)11-10-13-9-8-12-4-1-2-5-14(12)18(13)19;1-2-13-7-3-4-8-14(13)15-9-6-12-18-19(15)16-10-5-11-17(21)20(16)22-18;;;/h1-11H;1,3-12H;2*1H;/q;;;;+2/p-2. The van der Waals surface area contributed by atoms with Crippen LogP contribution in [0.15, 0.2) is 136 Å². The van der Waals surface area contributed by atoms with Crippen molar-refractivity contribution in [3.05, 3.63) is 143 Å². The Hall–Kier alpha value is -3.93. The molecule has 0 radical (unpaired) electrons. The van der Waals surface area contributed by atoms with Crippen LogP contribution in [0.2, 0.25) is 10.0 Å². The Morgan fingerprint density at radius 1 is 0.489 bits per heavy atom. The number of furan rings is 2. The minimum atomic E-state index is -0.472. The molecule has 232 valence electrons. The van der Waals surface area contributed by atoms with Gasteiger partial charge >= 0.3 is 35.3 Å². The third-order valence-corrected chi connectivity index (χ3v) is 8.76. The second-order valence-corrected chi connectivity index (χ2v) is 14.8. The van der Waals surface area contributed by atoms with Crippen molar-refractivity contribution in [3.63, 3.8) is 0 Å². The molecule has 0 aliphatic rings. The van der Waals surface area contributed by atoms with Gasteiger partial charge in [-0.05, 0) is 57.6 Å². The summed E-state index contributed by atoms with van der Waals surface area (Å²) < 4.78 is 11.9. The molecule has 9 rings (SSSR count). The van der Waals surface area contributed by atoms with E-state index < -0.39 is 16.5 Å². The molecule has 47 heavy (non-hydrogen) atoms. The van der Waals surface area contributed by atoms with Gasteiger partial charge in [-0.25, -0.2) is 0 Å². The van der Waals surface area contributed by atoms with Crippen LogP contribution in [0.5, 0.6) is 0 Å². The molecule has 0 atom stereocenters. The van der Waals surface area contributed by atoms with Crippen LogP contribution in [0, 0.1) is 12.3 Å². The van der Waals surface area contributed by atoms with E-state index in [2.05, 4.69) is 60.5 Å². The summed E-state index contributed by atoms with van der Waals surface area (Å²) in [5.41, 5.74) is 6.13. The van der Waals surface area contributed by atoms with Crippen molar-refractivity contribution in [1.82, 2.24) is 0 Å². The van der Waals surface area contributed by atoms with Gasteiger partial charge in [0.05, 0.1) is 10.0 Å². The number of para-hydroxylation sites is 2. The first kappa shape index (κ1) is 31.7. The average Bonchev–Trinajstić information content (AvgIpc) is 3.69. The molecule has 0 amide bonds. The monoisotopic (exact) mass is 869 g/mol. The first-order valence-corrected chi connectivity index (χ1v) is 20.8. The first-order chi connectivity index (χ1) is 23.0. The Labute approximate surface area is 297 Å². The molecule has 0 spiro atoms. The molecular weight excluding hydrogens is 849 g/mol. The summed E-state index contributed by atoms with van der Waals surface area (Å²) in [5, 5.41) is 10.5. The number of terminal acetylenes is 1. The fraction of sp³-hybridized carbons (Fsp3) is 0. The molecule has 0 saturated carbocycles. The number of hydrogen-bond acceptors (Lipinski definition) is 2. The predicted octanol–water partition coefficient (Wildman–Crippen LogP) is 13.8. The zero-order chi connectivity index (χ0) is 32.5. The van der Waals surface area contributed by atoms with Gasteiger partial charge in [0.2, 0.25) is 0 Å². The van der Waals surface area contributed by atoms with E-state index in [-0.39, 0.29) is 0 Å². The Morgan fingerprint density at radius 3 is 1.74 bits per heavy atom. The Balaban J connectivity index is 0.000000138. The van der Waals surface area contributed by atoms with Crippen molar-refractivity contribution in [2.24, 2.45) is 0 Å². The van der Waals surface area contributed by atoms with Crippen LogP contribution in [0.25, 0.3) is 76.5 Å². The summed E-state index contributed by atoms with van der Waals surface area (Å²) in [6.07, 6.45) is 5.65. The fourth-order valence-corrected chi connectivity index (χ4v) is 6.66. The SMILES string of the molecule is C#Cc1ccccc1-c1cccc2oc3c(Cl)cccc3c12.Clc1cccc2c1oc1ccc3ccc4ccccc4c3c12.[Cl][Pt][Cl]. The molecule has 0 bridgehead atoms. The van der Waals surface area contributed by atoms with E-state index in [0.717, 1.165) is 55.0 Å². The molecule has 0 unspecified atom stereocenters. The normalized spacial score (nSPS) is 11.1. The summed E-state index contributed by atoms with van der Waals surface area (Å²) in [5.74, 6) is 2.75. The third kappa shape index (κ3) is 5.78. The second-order valence-electron chi connectivity index (χ2n) is 10.7. The van der Waals surface area contributed by atoms with Crippen molar-refractivity contribution in [2.75, 3.05) is 0 Å². The number of halogens is 4. The van der Waals surface area contributed by atoms with Gasteiger partial charge in [0, 0.05) is 32.5 Å². The van der Waals surface area contributed by atoms with Crippen LogP contribution in [-0.4, -0.2) is 0 Å². The number of hydrogen-bond donors (Lipinski definition) is 0. The maximum atomic E-state index is 6.30. The van der Waals surface area contributed by atoms with E-state index in [0.29, 0.717) is 15.6 Å². The first-order valence-electron chi connectivity index (χ1n) is 14.4. The van der Waals surface area contributed by atoms with E-state index in [9.17, 15) is 0 Å². The van der Waals surface area contributed by atoms with Crippen LogP contribution in [-0.2, 0) is 16.5 Å². The molecule has 9 aromatic rings. The summed E-state index contributed by atoms with van der Waals surface area (Å²) in [6, 6.07) is 42.6. The van der Waals surface area contributed by atoms with Crippen LogP contribution < -0.4 is 0 Å². The topological polar surface area (TPSA) is 26.3 Å². The van der Waals surface area contributed by atoms with Crippen LogP contribution in [0.1, 0.15) is 5.56 Å². The van der Waals surface area contributed by atoms with Crippen molar-refractivity contribution >= 4 is 107 Å². The second kappa shape index (κ2) is 13.7. The van der Waals surface area contributed by atoms with Crippen molar-refractivity contribution < 1.29 is 25.3 Å². The van der Waals surface area contributed by atoms with Crippen molar-refractivity contribution in [3.8, 4) is 23.5 Å². The van der Waals surface area contributed by atoms with E-state index in [4.69, 9.17) is 57.3 Å². The van der Waals surface area contributed by atoms with E-state index in [1.54, 1.807) is 0 Å². The maximum absolute atomic E-state index is 6.30. The summed E-state index contributed by atoms with van der Waals surface area (Å²) in [6.45, 7) is 0. The molecule has 0 aliphatic heterocycles. The Morgan fingerprint density at radius 2 is 1.02 bits per heavy atom. The van der Waals surface area contributed by atoms with Crippen LogP contribution in [0.4, 0.5) is 0 Å².